The number of benzene rings is 1. The molecule has 0 saturated carbocycles. The average molecular weight is 239 g/mol. The summed E-state index contributed by atoms with van der Waals surface area (Å²) in [5.74, 6) is -1.02. The minimum atomic E-state index is -1.56. The number of aromatic carboxylic acids is 1. The van der Waals surface area contributed by atoms with Gasteiger partial charge in [-0.25, -0.2) is 9.18 Å². The van der Waals surface area contributed by atoms with E-state index in [4.69, 9.17) is 5.11 Å². The van der Waals surface area contributed by atoms with Gasteiger partial charge in [-0.2, -0.15) is 4.37 Å². The van der Waals surface area contributed by atoms with Crippen LogP contribution in [0, 0.1) is 0 Å². The lowest BCUT2D eigenvalue weighted by molar-refractivity contribution is 0.0699. The molecule has 0 aliphatic carbocycles. The Balaban J connectivity index is 2.76. The fourth-order valence-electron chi connectivity index (χ4n) is 1.56. The number of carbonyl (C=O) groups is 1. The second-order valence-electron chi connectivity index (χ2n) is 3.99. The van der Waals surface area contributed by atoms with Crippen LogP contribution in [0.15, 0.2) is 18.2 Å². The molecule has 0 saturated heterocycles. The Kier molecular flexibility index (Phi) is 2.42. The Morgan fingerprint density at radius 1 is 1.50 bits per heavy atom. The normalized spacial score (nSPS) is 11.9. The molecule has 1 heterocycles. The number of carboxylic acid groups (broad SMARTS) is 1. The summed E-state index contributed by atoms with van der Waals surface area (Å²) in [5.41, 5.74) is -1.09. The van der Waals surface area contributed by atoms with E-state index in [-0.39, 0.29) is 5.56 Å². The fraction of sp³-hybridized carbons (Fsp3) is 0.273. The zero-order valence-electron chi connectivity index (χ0n) is 8.82. The second-order valence-corrected chi connectivity index (χ2v) is 4.76. The van der Waals surface area contributed by atoms with Crippen LogP contribution >= 0.6 is 11.5 Å². The Morgan fingerprint density at radius 2 is 2.19 bits per heavy atom. The summed E-state index contributed by atoms with van der Waals surface area (Å²) in [6, 6.07) is 4.80. The maximum Gasteiger partial charge on any atom is 0.337 e. The zero-order valence-corrected chi connectivity index (χ0v) is 9.64. The first-order valence-electron chi connectivity index (χ1n) is 4.72. The molecule has 16 heavy (non-hydrogen) atoms. The van der Waals surface area contributed by atoms with Crippen molar-refractivity contribution in [3.63, 3.8) is 0 Å². The molecule has 2 rings (SSSR count). The van der Waals surface area contributed by atoms with E-state index in [0.29, 0.717) is 15.8 Å². The lowest BCUT2D eigenvalue weighted by atomic mass is 10.0. The van der Waals surface area contributed by atoms with Crippen molar-refractivity contribution in [2.45, 2.75) is 19.5 Å². The topological polar surface area (TPSA) is 50.2 Å². The van der Waals surface area contributed by atoms with Crippen molar-refractivity contribution < 1.29 is 14.3 Å². The molecule has 3 nitrogen and oxygen atoms in total. The van der Waals surface area contributed by atoms with E-state index in [1.165, 1.54) is 19.9 Å². The van der Waals surface area contributed by atoms with Gasteiger partial charge in [0.1, 0.15) is 5.67 Å². The molecule has 0 aliphatic heterocycles. The maximum atomic E-state index is 13.8. The molecule has 2 aromatic rings. The third-order valence-corrected chi connectivity index (χ3v) is 3.19. The van der Waals surface area contributed by atoms with Crippen molar-refractivity contribution in [2.75, 3.05) is 0 Å². The van der Waals surface area contributed by atoms with Crippen molar-refractivity contribution in [3.05, 3.63) is 29.5 Å². The minimum absolute atomic E-state index is 0.172. The lowest BCUT2D eigenvalue weighted by Crippen LogP contribution is -2.09. The third kappa shape index (κ3) is 1.67. The first-order chi connectivity index (χ1) is 7.41. The van der Waals surface area contributed by atoms with Crippen molar-refractivity contribution in [1.82, 2.24) is 4.37 Å². The van der Waals surface area contributed by atoms with Crippen LogP contribution in [0.4, 0.5) is 4.39 Å². The average Bonchev–Trinajstić information content (AvgIpc) is 2.59. The molecule has 5 heteroatoms. The van der Waals surface area contributed by atoms with Gasteiger partial charge >= 0.3 is 5.97 Å². The van der Waals surface area contributed by atoms with Crippen molar-refractivity contribution >= 4 is 27.6 Å². The Bertz CT molecular complexity index is 557. The summed E-state index contributed by atoms with van der Waals surface area (Å²) < 4.78 is 18.4. The minimum Gasteiger partial charge on any atom is -0.478 e. The van der Waals surface area contributed by atoms with Crippen LogP contribution in [0.25, 0.3) is 10.1 Å². The van der Waals surface area contributed by atoms with E-state index >= 15 is 0 Å². The van der Waals surface area contributed by atoms with Crippen molar-refractivity contribution in [1.29, 1.82) is 0 Å². The van der Waals surface area contributed by atoms with Gasteiger partial charge in [0.2, 0.25) is 0 Å². The molecule has 0 spiro atoms. The van der Waals surface area contributed by atoms with Crippen molar-refractivity contribution in [3.8, 4) is 0 Å². The molecule has 1 N–H and O–H groups in total. The van der Waals surface area contributed by atoms with Crippen LogP contribution in [0.3, 0.4) is 0 Å². The van der Waals surface area contributed by atoms with Crippen LogP contribution in [-0.4, -0.2) is 15.4 Å². The predicted octanol–water partition coefficient (Wildman–Crippen LogP) is 3.20. The highest BCUT2D eigenvalue weighted by Gasteiger charge is 2.26. The summed E-state index contributed by atoms with van der Waals surface area (Å²) in [6.07, 6.45) is 0. The molecule has 0 unspecified atom stereocenters. The SMILES string of the molecule is CC(C)(F)c1nsc2c(C(=O)O)cccc12. The number of carboxylic acids is 1. The van der Waals surface area contributed by atoms with Crippen LogP contribution in [0.2, 0.25) is 0 Å². The van der Waals surface area contributed by atoms with E-state index in [9.17, 15) is 9.18 Å². The number of nitrogens with zero attached hydrogens (tertiary/aromatic N) is 1. The molecule has 0 bridgehead atoms. The van der Waals surface area contributed by atoms with Gasteiger partial charge in [0.15, 0.2) is 0 Å². The molecule has 0 amide bonds. The van der Waals surface area contributed by atoms with E-state index in [1.807, 2.05) is 0 Å². The summed E-state index contributed by atoms with van der Waals surface area (Å²) in [5, 5.41) is 9.56. The molecule has 1 aromatic carbocycles. The molecule has 0 fully saturated rings. The Morgan fingerprint density at radius 3 is 2.75 bits per heavy atom. The number of rotatable bonds is 2. The highest BCUT2D eigenvalue weighted by molar-refractivity contribution is 7.13. The summed E-state index contributed by atoms with van der Waals surface area (Å²) in [4.78, 5) is 11.0. The Hall–Kier alpha value is -1.49. The van der Waals surface area contributed by atoms with Gasteiger partial charge in [0.05, 0.1) is 16.0 Å². The van der Waals surface area contributed by atoms with Crippen LogP contribution in [-0.2, 0) is 5.67 Å². The molecule has 0 aliphatic rings. The highest BCUT2D eigenvalue weighted by Crippen LogP contribution is 2.34. The predicted molar refractivity (Wildman–Crippen MR) is 60.7 cm³/mol. The van der Waals surface area contributed by atoms with Gasteiger partial charge in [-0.1, -0.05) is 12.1 Å². The van der Waals surface area contributed by atoms with Crippen LogP contribution in [0.5, 0.6) is 0 Å². The number of hydrogen-bond donors (Lipinski definition) is 1. The zero-order chi connectivity index (χ0) is 11.9. The van der Waals surface area contributed by atoms with Gasteiger partial charge in [-0.05, 0) is 31.4 Å². The molecule has 0 radical (unpaired) electrons. The monoisotopic (exact) mass is 239 g/mol. The molecule has 0 atom stereocenters. The van der Waals surface area contributed by atoms with Gasteiger partial charge in [-0.15, -0.1) is 0 Å². The maximum absolute atomic E-state index is 13.8. The molecular formula is C11H10FNO2S. The van der Waals surface area contributed by atoms with Gasteiger partial charge in [-0.3, -0.25) is 0 Å². The number of hydrogen-bond acceptors (Lipinski definition) is 3. The first kappa shape index (κ1) is 11.0. The van der Waals surface area contributed by atoms with Crippen molar-refractivity contribution in [2.24, 2.45) is 0 Å². The number of halogens is 1. The molecule has 84 valence electrons. The van der Waals surface area contributed by atoms with Crippen LogP contribution in [0.1, 0.15) is 29.9 Å². The summed E-state index contributed by atoms with van der Waals surface area (Å²) in [7, 11) is 0. The van der Waals surface area contributed by atoms with E-state index < -0.39 is 11.6 Å². The number of aromatic nitrogens is 1. The largest absolute Gasteiger partial charge is 0.478 e. The summed E-state index contributed by atoms with van der Waals surface area (Å²) >= 11 is 1.02. The summed E-state index contributed by atoms with van der Waals surface area (Å²) in [6.45, 7) is 2.82. The van der Waals surface area contributed by atoms with E-state index in [1.54, 1.807) is 12.1 Å². The molecule has 1 aromatic heterocycles. The van der Waals surface area contributed by atoms with Gasteiger partial charge in [0, 0.05) is 5.39 Å². The lowest BCUT2D eigenvalue weighted by Gasteiger charge is -2.10. The van der Waals surface area contributed by atoms with Gasteiger partial charge in [0.25, 0.3) is 0 Å². The first-order valence-corrected chi connectivity index (χ1v) is 5.49. The smallest absolute Gasteiger partial charge is 0.337 e. The number of alkyl halides is 1. The quantitative estimate of drug-likeness (QED) is 0.875. The Labute approximate surface area is 95.7 Å². The highest BCUT2D eigenvalue weighted by atomic mass is 32.1. The van der Waals surface area contributed by atoms with Crippen LogP contribution < -0.4 is 0 Å². The number of fused-ring (bicyclic) bond motifs is 1. The van der Waals surface area contributed by atoms with Gasteiger partial charge < -0.3 is 5.11 Å². The van der Waals surface area contributed by atoms with E-state index in [2.05, 4.69) is 4.37 Å². The third-order valence-electron chi connectivity index (χ3n) is 2.29. The van der Waals surface area contributed by atoms with E-state index in [0.717, 1.165) is 11.5 Å². The second kappa shape index (κ2) is 3.52. The molecular weight excluding hydrogens is 229 g/mol. The standard InChI is InChI=1S/C11H10FNO2S/c1-11(2,12)9-6-4-3-5-7(10(14)15)8(6)16-13-9/h3-5H,1-2H3,(H,14,15). The fourth-order valence-corrected chi connectivity index (χ4v) is 2.57.